The number of likely N-dealkylation sites (tertiary alicyclic amines) is 1. The molecule has 0 unspecified atom stereocenters. The number of H-pyrrole nitrogens is 1. The molecule has 198 valence electrons. The van der Waals surface area contributed by atoms with Gasteiger partial charge in [0.25, 0.3) is 0 Å². The molecule has 7 nitrogen and oxygen atoms in total. The summed E-state index contributed by atoms with van der Waals surface area (Å²) in [5, 5.41) is 0. The van der Waals surface area contributed by atoms with Gasteiger partial charge in [-0.2, -0.15) is 0 Å². The van der Waals surface area contributed by atoms with Gasteiger partial charge in [0, 0.05) is 38.3 Å². The SMILES string of the molecule is C[C@@H](CCOC(=O)N1CCC(n2c(=O)[nH]c3ccccc32)CC1)N(Cc1ccccc1)Cc1ccccc1. The smallest absolute Gasteiger partial charge is 0.409 e. The Hall–Kier alpha value is -3.84. The average molecular weight is 513 g/mol. The molecule has 1 atom stereocenters. The number of aromatic amines is 1. The van der Waals surface area contributed by atoms with Gasteiger partial charge in [0.2, 0.25) is 0 Å². The van der Waals surface area contributed by atoms with Crippen molar-refractivity contribution in [2.24, 2.45) is 0 Å². The molecular weight excluding hydrogens is 476 g/mol. The molecule has 1 N–H and O–H groups in total. The molecule has 0 radical (unpaired) electrons. The number of rotatable bonds is 9. The zero-order valence-corrected chi connectivity index (χ0v) is 22.0. The van der Waals surface area contributed by atoms with E-state index in [0.29, 0.717) is 19.7 Å². The van der Waals surface area contributed by atoms with Crippen LogP contribution in [0.3, 0.4) is 0 Å². The fraction of sp³-hybridized carbons (Fsp3) is 0.355. The van der Waals surface area contributed by atoms with Crippen molar-refractivity contribution in [2.45, 2.75) is 51.4 Å². The number of nitrogens with zero attached hydrogens (tertiary/aromatic N) is 3. The van der Waals surface area contributed by atoms with Gasteiger partial charge in [-0.3, -0.25) is 9.47 Å². The van der Waals surface area contributed by atoms with Crippen LogP contribution >= 0.6 is 0 Å². The Bertz CT molecular complexity index is 1330. The first-order valence-corrected chi connectivity index (χ1v) is 13.5. The normalized spacial score (nSPS) is 15.2. The zero-order chi connectivity index (χ0) is 26.3. The van der Waals surface area contributed by atoms with E-state index < -0.39 is 0 Å². The van der Waals surface area contributed by atoms with Crippen molar-refractivity contribution in [1.82, 2.24) is 19.4 Å². The molecule has 0 spiro atoms. The lowest BCUT2D eigenvalue weighted by Crippen LogP contribution is -2.41. The highest BCUT2D eigenvalue weighted by atomic mass is 16.6. The number of amides is 1. The first kappa shape index (κ1) is 25.8. The van der Waals surface area contributed by atoms with Crippen LogP contribution < -0.4 is 5.69 Å². The lowest BCUT2D eigenvalue weighted by Gasteiger charge is -2.32. The molecule has 0 bridgehead atoms. The van der Waals surface area contributed by atoms with Crippen molar-refractivity contribution in [3.05, 3.63) is 107 Å². The van der Waals surface area contributed by atoms with Crippen LogP contribution in [-0.2, 0) is 17.8 Å². The van der Waals surface area contributed by atoms with Crippen molar-refractivity contribution in [2.75, 3.05) is 19.7 Å². The second kappa shape index (κ2) is 12.1. The van der Waals surface area contributed by atoms with Crippen LogP contribution in [0.2, 0.25) is 0 Å². The minimum atomic E-state index is -0.264. The maximum atomic E-state index is 12.8. The van der Waals surface area contributed by atoms with Crippen molar-refractivity contribution in [3.8, 4) is 0 Å². The minimum Gasteiger partial charge on any atom is -0.449 e. The maximum Gasteiger partial charge on any atom is 0.409 e. The van der Waals surface area contributed by atoms with Crippen LogP contribution in [0.15, 0.2) is 89.7 Å². The van der Waals surface area contributed by atoms with Crippen molar-refractivity contribution >= 4 is 17.1 Å². The fourth-order valence-electron chi connectivity index (χ4n) is 5.34. The molecule has 3 aromatic carbocycles. The van der Waals surface area contributed by atoms with E-state index in [1.807, 2.05) is 41.0 Å². The summed E-state index contributed by atoms with van der Waals surface area (Å²) in [6.45, 7) is 5.42. The van der Waals surface area contributed by atoms with Gasteiger partial charge >= 0.3 is 11.8 Å². The summed E-state index contributed by atoms with van der Waals surface area (Å²) in [5.74, 6) is 0. The van der Waals surface area contributed by atoms with Crippen LogP contribution in [-0.4, -0.2) is 51.2 Å². The van der Waals surface area contributed by atoms with Crippen molar-refractivity contribution in [1.29, 1.82) is 0 Å². The summed E-state index contributed by atoms with van der Waals surface area (Å²) in [6, 6.07) is 29.0. The second-order valence-corrected chi connectivity index (χ2v) is 10.2. The molecular formula is C31H36N4O3. The first-order chi connectivity index (χ1) is 18.6. The topological polar surface area (TPSA) is 70.6 Å². The minimum absolute atomic E-state index is 0.0762. The standard InChI is InChI=1S/C31H36N4O3/c1-24(34(22-25-10-4-2-5-11-25)23-26-12-6-3-7-13-26)18-21-38-31(37)33-19-16-27(17-20-33)35-29-15-9-8-14-28(29)32-30(35)36/h2-15,24,27H,16-23H2,1H3,(H,32,36)/t24-/m0/s1. The Kier molecular flexibility index (Phi) is 8.24. The van der Waals surface area contributed by atoms with Crippen LogP contribution in [0, 0.1) is 0 Å². The van der Waals surface area contributed by atoms with E-state index in [9.17, 15) is 9.59 Å². The highest BCUT2D eigenvalue weighted by Gasteiger charge is 2.27. The number of nitrogens with one attached hydrogen (secondary N) is 1. The number of piperidine rings is 1. The van der Waals surface area contributed by atoms with Crippen LogP contribution in [0.5, 0.6) is 0 Å². The number of carbonyl (C=O) groups is 1. The molecule has 7 heteroatoms. The largest absolute Gasteiger partial charge is 0.449 e. The van der Waals surface area contributed by atoms with Gasteiger partial charge in [-0.1, -0.05) is 72.8 Å². The molecule has 1 amide bonds. The quantitative estimate of drug-likeness (QED) is 0.318. The molecule has 1 saturated heterocycles. The third-order valence-corrected chi connectivity index (χ3v) is 7.55. The second-order valence-electron chi connectivity index (χ2n) is 10.2. The van der Waals surface area contributed by atoms with Gasteiger partial charge in [0.15, 0.2) is 0 Å². The number of hydrogen-bond acceptors (Lipinski definition) is 4. The number of ether oxygens (including phenoxy) is 1. The predicted octanol–water partition coefficient (Wildman–Crippen LogP) is 5.58. The van der Waals surface area contributed by atoms with Gasteiger partial charge in [-0.25, -0.2) is 9.59 Å². The van der Waals surface area contributed by atoms with E-state index in [1.165, 1.54) is 11.1 Å². The Morgan fingerprint density at radius 3 is 2.13 bits per heavy atom. The summed E-state index contributed by atoms with van der Waals surface area (Å²) in [6.07, 6.45) is 1.95. The molecule has 0 saturated carbocycles. The number of benzene rings is 3. The van der Waals surface area contributed by atoms with Gasteiger partial charge in [-0.15, -0.1) is 0 Å². The molecule has 1 aliphatic heterocycles. The summed E-state index contributed by atoms with van der Waals surface area (Å²) in [5.41, 5.74) is 4.22. The number of hydrogen-bond donors (Lipinski definition) is 1. The monoisotopic (exact) mass is 512 g/mol. The van der Waals surface area contributed by atoms with Crippen LogP contribution in [0.4, 0.5) is 4.79 Å². The first-order valence-electron chi connectivity index (χ1n) is 13.5. The van der Waals surface area contributed by atoms with E-state index in [1.54, 1.807) is 4.90 Å². The molecule has 1 aliphatic rings. The number of carbonyl (C=O) groups excluding carboxylic acids is 1. The van der Waals surface area contributed by atoms with E-state index >= 15 is 0 Å². The number of fused-ring (bicyclic) bond motifs is 1. The van der Waals surface area contributed by atoms with Crippen molar-refractivity contribution < 1.29 is 9.53 Å². The van der Waals surface area contributed by atoms with Crippen LogP contribution in [0.1, 0.15) is 43.4 Å². The molecule has 38 heavy (non-hydrogen) atoms. The Morgan fingerprint density at radius 2 is 1.50 bits per heavy atom. The fourth-order valence-corrected chi connectivity index (χ4v) is 5.34. The zero-order valence-electron chi connectivity index (χ0n) is 22.0. The average Bonchev–Trinajstić information content (AvgIpc) is 3.29. The number of aromatic nitrogens is 2. The Morgan fingerprint density at radius 1 is 0.921 bits per heavy atom. The molecule has 4 aromatic rings. The number of para-hydroxylation sites is 2. The predicted molar refractivity (Wildman–Crippen MR) is 150 cm³/mol. The lowest BCUT2D eigenvalue weighted by molar-refractivity contribution is 0.0768. The summed E-state index contributed by atoms with van der Waals surface area (Å²) in [7, 11) is 0. The highest BCUT2D eigenvalue weighted by molar-refractivity contribution is 5.75. The van der Waals surface area contributed by atoms with Crippen molar-refractivity contribution in [3.63, 3.8) is 0 Å². The van der Waals surface area contributed by atoms with Gasteiger partial charge in [-0.05, 0) is 49.4 Å². The number of imidazole rings is 1. The van der Waals surface area contributed by atoms with E-state index in [0.717, 1.165) is 43.4 Å². The third-order valence-electron chi connectivity index (χ3n) is 7.55. The highest BCUT2D eigenvalue weighted by Crippen LogP contribution is 2.25. The van der Waals surface area contributed by atoms with E-state index in [2.05, 4.69) is 65.3 Å². The summed E-state index contributed by atoms with van der Waals surface area (Å²) >= 11 is 0. The third kappa shape index (κ3) is 6.17. The van der Waals surface area contributed by atoms with Gasteiger partial charge in [0.05, 0.1) is 17.6 Å². The van der Waals surface area contributed by atoms with Gasteiger partial charge in [0.1, 0.15) is 0 Å². The summed E-state index contributed by atoms with van der Waals surface area (Å²) in [4.78, 5) is 32.5. The van der Waals surface area contributed by atoms with Crippen LogP contribution in [0.25, 0.3) is 11.0 Å². The molecule has 1 aromatic heterocycles. The van der Waals surface area contributed by atoms with E-state index in [-0.39, 0.29) is 23.9 Å². The molecule has 5 rings (SSSR count). The Labute approximate surface area is 223 Å². The van der Waals surface area contributed by atoms with E-state index in [4.69, 9.17) is 4.74 Å². The molecule has 0 aliphatic carbocycles. The van der Waals surface area contributed by atoms with Gasteiger partial charge < -0.3 is 14.6 Å². The summed E-state index contributed by atoms with van der Waals surface area (Å²) < 4.78 is 7.55. The Balaban J connectivity index is 1.13. The molecule has 1 fully saturated rings. The molecule has 2 heterocycles. The lowest BCUT2D eigenvalue weighted by atomic mass is 10.0. The maximum absolute atomic E-state index is 12.8.